The number of nitrogens with one attached hydrogen (secondary N) is 1. The fourth-order valence-electron chi connectivity index (χ4n) is 3.52. The van der Waals surface area contributed by atoms with E-state index < -0.39 is 0 Å². The third kappa shape index (κ3) is 6.18. The Bertz CT molecular complexity index is 507. The molecule has 0 aliphatic heterocycles. The minimum Gasteiger partial charge on any atom is -0.494 e. The Morgan fingerprint density at radius 1 is 1.21 bits per heavy atom. The molecular weight excluding hydrogens is 298 g/mol. The summed E-state index contributed by atoms with van der Waals surface area (Å²) in [4.78, 5) is 12.3. The van der Waals surface area contributed by atoms with E-state index in [2.05, 4.69) is 26.1 Å². The Balaban J connectivity index is 1.71. The van der Waals surface area contributed by atoms with Gasteiger partial charge in [0.1, 0.15) is 5.75 Å². The molecule has 0 spiro atoms. The van der Waals surface area contributed by atoms with E-state index in [0.717, 1.165) is 25.3 Å². The van der Waals surface area contributed by atoms with Crippen LogP contribution < -0.4 is 10.1 Å². The molecule has 0 heterocycles. The number of carbonyl (C=O) groups is 1. The summed E-state index contributed by atoms with van der Waals surface area (Å²) in [6.07, 6.45) is 8.50. The monoisotopic (exact) mass is 331 g/mol. The SMILES string of the molecule is CCCCCCOc1ccc(C(=O)NCC2CCC(C)(C)C2)cc1. The lowest BCUT2D eigenvalue weighted by Crippen LogP contribution is -2.28. The Morgan fingerprint density at radius 2 is 1.96 bits per heavy atom. The molecule has 0 radical (unpaired) electrons. The van der Waals surface area contributed by atoms with Crippen LogP contribution in [0.3, 0.4) is 0 Å². The third-order valence-corrected chi connectivity index (χ3v) is 5.01. The van der Waals surface area contributed by atoms with Gasteiger partial charge in [-0.2, -0.15) is 0 Å². The standard InChI is InChI=1S/C21H33NO2/c1-4-5-6-7-14-24-19-10-8-18(9-11-19)20(23)22-16-17-12-13-21(2,3)15-17/h8-11,17H,4-7,12-16H2,1-3H3,(H,22,23). The minimum atomic E-state index is 0.0224. The van der Waals surface area contributed by atoms with Gasteiger partial charge in [-0.3, -0.25) is 4.79 Å². The van der Waals surface area contributed by atoms with Gasteiger partial charge in [-0.05, 0) is 61.3 Å². The summed E-state index contributed by atoms with van der Waals surface area (Å²) in [7, 11) is 0. The average Bonchev–Trinajstić information content (AvgIpc) is 2.92. The van der Waals surface area contributed by atoms with E-state index in [-0.39, 0.29) is 5.91 Å². The van der Waals surface area contributed by atoms with Crippen molar-refractivity contribution in [3.05, 3.63) is 29.8 Å². The molecule has 24 heavy (non-hydrogen) atoms. The minimum absolute atomic E-state index is 0.0224. The van der Waals surface area contributed by atoms with Crippen molar-refractivity contribution < 1.29 is 9.53 Å². The molecule has 0 aromatic heterocycles. The molecule has 3 nitrogen and oxygen atoms in total. The van der Waals surface area contributed by atoms with Gasteiger partial charge in [-0.15, -0.1) is 0 Å². The van der Waals surface area contributed by atoms with Crippen molar-refractivity contribution in [2.24, 2.45) is 11.3 Å². The van der Waals surface area contributed by atoms with E-state index in [4.69, 9.17) is 4.74 Å². The number of benzene rings is 1. The van der Waals surface area contributed by atoms with Gasteiger partial charge in [0.05, 0.1) is 6.61 Å². The van der Waals surface area contributed by atoms with Crippen molar-refractivity contribution in [1.29, 1.82) is 0 Å². The summed E-state index contributed by atoms with van der Waals surface area (Å²) in [5.41, 5.74) is 1.15. The molecule has 1 saturated carbocycles. The van der Waals surface area contributed by atoms with Gasteiger partial charge in [0, 0.05) is 12.1 Å². The lowest BCUT2D eigenvalue weighted by atomic mass is 9.90. The molecule has 0 bridgehead atoms. The molecule has 1 N–H and O–H groups in total. The van der Waals surface area contributed by atoms with Crippen LogP contribution in [0, 0.1) is 11.3 Å². The summed E-state index contributed by atoms with van der Waals surface area (Å²) in [6.45, 7) is 8.38. The highest BCUT2D eigenvalue weighted by atomic mass is 16.5. The summed E-state index contributed by atoms with van der Waals surface area (Å²) in [6, 6.07) is 7.51. The third-order valence-electron chi connectivity index (χ3n) is 5.01. The van der Waals surface area contributed by atoms with Crippen molar-refractivity contribution in [2.45, 2.75) is 65.7 Å². The van der Waals surface area contributed by atoms with Crippen LogP contribution in [-0.2, 0) is 0 Å². The number of hydrogen-bond donors (Lipinski definition) is 1. The van der Waals surface area contributed by atoms with Crippen LogP contribution in [0.25, 0.3) is 0 Å². The smallest absolute Gasteiger partial charge is 0.251 e. The van der Waals surface area contributed by atoms with Crippen LogP contribution in [-0.4, -0.2) is 19.1 Å². The first-order valence-corrected chi connectivity index (χ1v) is 9.51. The average molecular weight is 332 g/mol. The van der Waals surface area contributed by atoms with E-state index in [1.807, 2.05) is 24.3 Å². The molecule has 1 fully saturated rings. The van der Waals surface area contributed by atoms with E-state index in [9.17, 15) is 4.79 Å². The fourth-order valence-corrected chi connectivity index (χ4v) is 3.52. The molecule has 1 aromatic carbocycles. The normalized spacial score (nSPS) is 19.2. The number of ether oxygens (including phenoxy) is 1. The lowest BCUT2D eigenvalue weighted by Gasteiger charge is -2.17. The van der Waals surface area contributed by atoms with Crippen molar-refractivity contribution in [3.63, 3.8) is 0 Å². The molecular formula is C21H33NO2. The summed E-state index contributed by atoms with van der Waals surface area (Å²) >= 11 is 0. The highest BCUT2D eigenvalue weighted by Crippen LogP contribution is 2.40. The van der Waals surface area contributed by atoms with E-state index in [0.29, 0.717) is 16.9 Å². The van der Waals surface area contributed by atoms with Gasteiger partial charge in [0.15, 0.2) is 0 Å². The zero-order valence-corrected chi connectivity index (χ0v) is 15.6. The maximum absolute atomic E-state index is 12.3. The van der Waals surface area contributed by atoms with Gasteiger partial charge in [-0.25, -0.2) is 0 Å². The molecule has 1 aromatic rings. The quantitative estimate of drug-likeness (QED) is 0.631. The Kier molecular flexibility index (Phi) is 7.14. The van der Waals surface area contributed by atoms with Crippen LogP contribution >= 0.6 is 0 Å². The zero-order chi connectivity index (χ0) is 17.4. The first-order chi connectivity index (χ1) is 11.5. The fraction of sp³-hybridized carbons (Fsp3) is 0.667. The van der Waals surface area contributed by atoms with Gasteiger partial charge in [0.2, 0.25) is 0 Å². The highest BCUT2D eigenvalue weighted by molar-refractivity contribution is 5.94. The van der Waals surface area contributed by atoms with Crippen molar-refractivity contribution >= 4 is 5.91 Å². The second kappa shape index (κ2) is 9.10. The van der Waals surface area contributed by atoms with E-state index >= 15 is 0 Å². The van der Waals surface area contributed by atoms with Crippen molar-refractivity contribution in [2.75, 3.05) is 13.2 Å². The molecule has 0 saturated heterocycles. The van der Waals surface area contributed by atoms with E-state index in [1.165, 1.54) is 38.5 Å². The van der Waals surface area contributed by atoms with Gasteiger partial charge < -0.3 is 10.1 Å². The predicted molar refractivity (Wildman–Crippen MR) is 99.5 cm³/mol. The number of rotatable bonds is 9. The Morgan fingerprint density at radius 3 is 2.58 bits per heavy atom. The lowest BCUT2D eigenvalue weighted by molar-refractivity contribution is 0.0946. The topological polar surface area (TPSA) is 38.3 Å². The molecule has 1 unspecified atom stereocenters. The second-order valence-corrected chi connectivity index (χ2v) is 7.92. The van der Waals surface area contributed by atoms with Gasteiger partial charge >= 0.3 is 0 Å². The van der Waals surface area contributed by atoms with Crippen molar-refractivity contribution in [1.82, 2.24) is 5.32 Å². The van der Waals surface area contributed by atoms with Crippen molar-refractivity contribution in [3.8, 4) is 5.75 Å². The first-order valence-electron chi connectivity index (χ1n) is 9.51. The van der Waals surface area contributed by atoms with Crippen LogP contribution in [0.15, 0.2) is 24.3 Å². The highest BCUT2D eigenvalue weighted by Gasteiger charge is 2.30. The molecule has 1 amide bonds. The first kappa shape index (κ1) is 18.8. The number of unbranched alkanes of at least 4 members (excludes halogenated alkanes) is 3. The maximum atomic E-state index is 12.3. The predicted octanol–water partition coefficient (Wildman–Crippen LogP) is 5.20. The molecule has 1 atom stereocenters. The maximum Gasteiger partial charge on any atom is 0.251 e. The summed E-state index contributed by atoms with van der Waals surface area (Å²) in [5.74, 6) is 1.49. The zero-order valence-electron chi connectivity index (χ0n) is 15.6. The second-order valence-electron chi connectivity index (χ2n) is 7.92. The number of amides is 1. The summed E-state index contributed by atoms with van der Waals surface area (Å²) < 4.78 is 5.72. The summed E-state index contributed by atoms with van der Waals surface area (Å²) in [5, 5.41) is 3.08. The number of carbonyl (C=O) groups excluding carboxylic acids is 1. The van der Waals surface area contributed by atoms with E-state index in [1.54, 1.807) is 0 Å². The largest absolute Gasteiger partial charge is 0.494 e. The molecule has 1 aliphatic rings. The molecule has 1 aliphatic carbocycles. The molecule has 3 heteroatoms. The van der Waals surface area contributed by atoms with Crippen LogP contribution in [0.1, 0.15) is 76.1 Å². The van der Waals surface area contributed by atoms with Crippen LogP contribution in [0.2, 0.25) is 0 Å². The van der Waals surface area contributed by atoms with Gasteiger partial charge in [0.25, 0.3) is 5.91 Å². The Hall–Kier alpha value is -1.51. The Labute approximate surface area is 147 Å². The van der Waals surface area contributed by atoms with Gasteiger partial charge in [-0.1, -0.05) is 40.0 Å². The van der Waals surface area contributed by atoms with Crippen LogP contribution in [0.5, 0.6) is 5.75 Å². The molecule has 134 valence electrons. The van der Waals surface area contributed by atoms with Crippen LogP contribution in [0.4, 0.5) is 0 Å². The number of hydrogen-bond acceptors (Lipinski definition) is 2. The molecule has 2 rings (SSSR count).